The third kappa shape index (κ3) is 3.88. The maximum Gasteiger partial charge on any atom is 0.252 e. The van der Waals surface area contributed by atoms with Gasteiger partial charge in [0, 0.05) is 24.6 Å². The number of amides is 2. The number of hydrogen-bond acceptors (Lipinski definition) is 5. The lowest BCUT2D eigenvalue weighted by molar-refractivity contribution is -0.131. The normalized spacial score (nSPS) is 13.2. The van der Waals surface area contributed by atoms with Crippen LogP contribution < -0.4 is 19.9 Å². The predicted octanol–water partition coefficient (Wildman–Crippen LogP) is 2.60. The van der Waals surface area contributed by atoms with Gasteiger partial charge in [0.05, 0.1) is 26.3 Å². The van der Waals surface area contributed by atoms with Crippen molar-refractivity contribution in [2.75, 3.05) is 27.4 Å². The number of methoxy groups -OCH3 is 2. The first-order chi connectivity index (χ1) is 13.5. The summed E-state index contributed by atoms with van der Waals surface area (Å²) in [6.45, 7) is 2.95. The Kier molecular flexibility index (Phi) is 5.73. The lowest BCUT2D eigenvalue weighted by Gasteiger charge is -2.19. The number of ether oxygens (including phenoxy) is 3. The first-order valence-electron chi connectivity index (χ1n) is 9.07. The van der Waals surface area contributed by atoms with Crippen LogP contribution in [0.15, 0.2) is 30.3 Å². The number of nitrogens with two attached hydrogens (primary N) is 1. The predicted molar refractivity (Wildman–Crippen MR) is 105 cm³/mol. The average molecular weight is 384 g/mol. The van der Waals surface area contributed by atoms with Crippen molar-refractivity contribution in [3.05, 3.63) is 41.5 Å². The van der Waals surface area contributed by atoms with Crippen LogP contribution in [0, 0.1) is 0 Å². The van der Waals surface area contributed by atoms with Gasteiger partial charge in [-0.05, 0) is 35.4 Å². The Hall–Kier alpha value is -3.22. The minimum atomic E-state index is -0.580. The Morgan fingerprint density at radius 1 is 1.07 bits per heavy atom. The summed E-state index contributed by atoms with van der Waals surface area (Å²) in [5, 5.41) is 0. The zero-order chi connectivity index (χ0) is 20.3. The van der Waals surface area contributed by atoms with Gasteiger partial charge in [-0.1, -0.05) is 6.92 Å². The first kappa shape index (κ1) is 19.5. The highest BCUT2D eigenvalue weighted by Gasteiger charge is 2.24. The van der Waals surface area contributed by atoms with Crippen molar-refractivity contribution in [1.82, 2.24) is 4.90 Å². The van der Waals surface area contributed by atoms with Gasteiger partial charge in [0.25, 0.3) is 5.91 Å². The molecule has 0 aliphatic carbocycles. The van der Waals surface area contributed by atoms with Crippen LogP contribution >= 0.6 is 0 Å². The number of primary amides is 1. The summed E-state index contributed by atoms with van der Waals surface area (Å²) in [5.74, 6) is 1.15. The third-order valence-electron chi connectivity index (χ3n) is 4.74. The van der Waals surface area contributed by atoms with E-state index in [1.165, 1.54) is 0 Å². The molecule has 0 bridgehead atoms. The van der Waals surface area contributed by atoms with E-state index in [2.05, 4.69) is 0 Å². The molecule has 1 heterocycles. The zero-order valence-electron chi connectivity index (χ0n) is 16.3. The van der Waals surface area contributed by atoms with Crippen molar-refractivity contribution in [2.24, 2.45) is 5.73 Å². The Bertz CT molecular complexity index is 888. The Balaban J connectivity index is 2.14. The number of carbonyl (C=O) groups excluding carboxylic acids is 2. The van der Waals surface area contributed by atoms with Crippen LogP contribution in [0.25, 0.3) is 11.1 Å². The third-order valence-corrected chi connectivity index (χ3v) is 4.74. The molecule has 1 aliphatic heterocycles. The lowest BCUT2D eigenvalue weighted by atomic mass is 9.97. The Labute approximate surface area is 164 Å². The average Bonchev–Trinajstić information content (AvgIpc) is 2.94. The van der Waals surface area contributed by atoms with E-state index in [1.54, 1.807) is 31.3 Å². The van der Waals surface area contributed by atoms with Crippen LogP contribution in [0.2, 0.25) is 0 Å². The fourth-order valence-electron chi connectivity index (χ4n) is 3.28. The fraction of sp³-hybridized carbons (Fsp3) is 0.333. The molecule has 7 heteroatoms. The molecule has 0 fully saturated rings. The van der Waals surface area contributed by atoms with E-state index >= 15 is 0 Å². The van der Waals surface area contributed by atoms with E-state index in [4.69, 9.17) is 19.9 Å². The van der Waals surface area contributed by atoms with Gasteiger partial charge in [-0.25, -0.2) is 0 Å². The van der Waals surface area contributed by atoms with Crippen LogP contribution in [-0.2, 0) is 11.3 Å². The number of fused-ring (bicyclic) bond motifs is 1. The van der Waals surface area contributed by atoms with E-state index in [0.29, 0.717) is 48.9 Å². The van der Waals surface area contributed by atoms with Crippen molar-refractivity contribution >= 4 is 11.8 Å². The van der Waals surface area contributed by atoms with E-state index in [0.717, 1.165) is 16.7 Å². The molecule has 28 heavy (non-hydrogen) atoms. The van der Waals surface area contributed by atoms with Crippen LogP contribution in [0.4, 0.5) is 0 Å². The minimum absolute atomic E-state index is 0.0329. The molecule has 7 nitrogen and oxygen atoms in total. The second-order valence-corrected chi connectivity index (χ2v) is 6.49. The number of hydrogen-bond donors (Lipinski definition) is 1. The van der Waals surface area contributed by atoms with Crippen molar-refractivity contribution in [2.45, 2.75) is 19.9 Å². The molecule has 3 rings (SSSR count). The van der Waals surface area contributed by atoms with Crippen LogP contribution in [-0.4, -0.2) is 44.1 Å². The largest absolute Gasteiger partial charge is 0.497 e. The van der Waals surface area contributed by atoms with Crippen molar-refractivity contribution in [3.8, 4) is 28.4 Å². The molecule has 2 amide bonds. The lowest BCUT2D eigenvalue weighted by Crippen LogP contribution is -2.31. The summed E-state index contributed by atoms with van der Waals surface area (Å²) in [6.07, 6.45) is 0.408. The van der Waals surface area contributed by atoms with Crippen molar-refractivity contribution < 1.29 is 23.8 Å². The van der Waals surface area contributed by atoms with E-state index in [1.807, 2.05) is 25.1 Å². The molecule has 1 aliphatic rings. The summed E-state index contributed by atoms with van der Waals surface area (Å²) in [7, 11) is 3.15. The Morgan fingerprint density at radius 2 is 1.71 bits per heavy atom. The van der Waals surface area contributed by atoms with E-state index in [9.17, 15) is 9.59 Å². The first-order valence-corrected chi connectivity index (χ1v) is 9.07. The Morgan fingerprint density at radius 3 is 2.29 bits per heavy atom. The minimum Gasteiger partial charge on any atom is -0.497 e. The van der Waals surface area contributed by atoms with Crippen molar-refractivity contribution in [1.29, 1.82) is 0 Å². The molecule has 0 atom stereocenters. The van der Waals surface area contributed by atoms with Gasteiger partial charge in [0.1, 0.15) is 23.9 Å². The maximum atomic E-state index is 12.2. The number of nitrogens with zero attached hydrogens (tertiary/aromatic N) is 1. The summed E-state index contributed by atoms with van der Waals surface area (Å²) >= 11 is 0. The molecule has 0 saturated carbocycles. The zero-order valence-corrected chi connectivity index (χ0v) is 16.3. The highest BCUT2D eigenvalue weighted by atomic mass is 16.5. The SMILES string of the molecule is CCC(=O)N1CCOc2c(cc(-c3cc(OC)cc(OC)c3)cc2C(N)=O)C1. The number of rotatable bonds is 5. The summed E-state index contributed by atoms with van der Waals surface area (Å²) in [5.41, 5.74) is 8.22. The van der Waals surface area contributed by atoms with Gasteiger partial charge in [0.2, 0.25) is 5.91 Å². The maximum absolute atomic E-state index is 12.2. The molecule has 0 radical (unpaired) electrons. The molecule has 0 saturated heterocycles. The second-order valence-electron chi connectivity index (χ2n) is 6.49. The molecule has 2 aromatic rings. The molecule has 0 spiro atoms. The van der Waals surface area contributed by atoms with Gasteiger partial charge in [-0.3, -0.25) is 9.59 Å². The topological polar surface area (TPSA) is 91.1 Å². The summed E-state index contributed by atoms with van der Waals surface area (Å²) in [4.78, 5) is 26.0. The van der Waals surface area contributed by atoms with Crippen LogP contribution in [0.5, 0.6) is 17.2 Å². The summed E-state index contributed by atoms with van der Waals surface area (Å²) < 4.78 is 16.5. The standard InChI is InChI=1S/C21H24N2O5/c1-4-19(24)23-5-6-28-20-15(12-23)7-13(10-18(20)21(22)25)14-8-16(26-2)11-17(9-14)27-3/h7-11H,4-6,12H2,1-3H3,(H2,22,25). The van der Waals surface area contributed by atoms with Gasteiger partial charge < -0.3 is 24.8 Å². The summed E-state index contributed by atoms with van der Waals surface area (Å²) in [6, 6.07) is 9.08. The molecule has 2 aromatic carbocycles. The van der Waals surface area contributed by atoms with Gasteiger partial charge in [0.15, 0.2) is 0 Å². The molecule has 0 unspecified atom stereocenters. The van der Waals surface area contributed by atoms with Gasteiger partial charge in [-0.2, -0.15) is 0 Å². The second kappa shape index (κ2) is 8.21. The monoisotopic (exact) mass is 384 g/mol. The molecular weight excluding hydrogens is 360 g/mol. The molecule has 148 valence electrons. The highest BCUT2D eigenvalue weighted by molar-refractivity contribution is 5.98. The molecular formula is C21H24N2O5. The molecule has 0 aromatic heterocycles. The quantitative estimate of drug-likeness (QED) is 0.856. The van der Waals surface area contributed by atoms with E-state index in [-0.39, 0.29) is 5.91 Å². The number of carbonyl (C=O) groups is 2. The van der Waals surface area contributed by atoms with Crippen LogP contribution in [0.1, 0.15) is 29.3 Å². The van der Waals surface area contributed by atoms with Gasteiger partial charge >= 0.3 is 0 Å². The van der Waals surface area contributed by atoms with Gasteiger partial charge in [-0.15, -0.1) is 0 Å². The molecule has 2 N–H and O–H groups in total. The smallest absolute Gasteiger partial charge is 0.252 e. The van der Waals surface area contributed by atoms with Crippen LogP contribution in [0.3, 0.4) is 0 Å². The fourth-order valence-corrected chi connectivity index (χ4v) is 3.28. The number of benzene rings is 2. The van der Waals surface area contributed by atoms with Crippen molar-refractivity contribution in [3.63, 3.8) is 0 Å². The van der Waals surface area contributed by atoms with E-state index < -0.39 is 5.91 Å². The highest BCUT2D eigenvalue weighted by Crippen LogP contribution is 2.36.